The zero-order valence-corrected chi connectivity index (χ0v) is 10.1. The van der Waals surface area contributed by atoms with E-state index in [9.17, 15) is 0 Å². The molecule has 0 aromatic carbocycles. The molecule has 0 heterocycles. The van der Waals surface area contributed by atoms with Crippen LogP contribution in [0.2, 0.25) is 0 Å². The molecule has 0 unspecified atom stereocenters. The van der Waals surface area contributed by atoms with Crippen LogP contribution in [0.4, 0.5) is 0 Å². The summed E-state index contributed by atoms with van der Waals surface area (Å²) < 4.78 is 0. The van der Waals surface area contributed by atoms with Gasteiger partial charge in [-0.15, -0.1) is 0 Å². The molecule has 0 saturated heterocycles. The lowest BCUT2D eigenvalue weighted by molar-refractivity contribution is 0.333. The van der Waals surface area contributed by atoms with Crippen LogP contribution in [-0.4, -0.2) is 13.1 Å². The minimum Gasteiger partial charge on any atom is -0.317 e. The summed E-state index contributed by atoms with van der Waals surface area (Å²) in [6.45, 7) is 2.54. The van der Waals surface area contributed by atoms with Gasteiger partial charge in [0.2, 0.25) is 0 Å². The molecule has 2 aliphatic carbocycles. The number of nitrogens with one attached hydrogen (secondary N) is 1. The smallest absolute Gasteiger partial charge is 0.00463 e. The van der Waals surface area contributed by atoms with E-state index < -0.39 is 0 Å². The average Bonchev–Trinajstić information content (AvgIpc) is 3.09. The second-order valence-corrected chi connectivity index (χ2v) is 5.63. The Labute approximate surface area is 95.0 Å². The van der Waals surface area contributed by atoms with Crippen molar-refractivity contribution in [2.75, 3.05) is 13.1 Å². The largest absolute Gasteiger partial charge is 0.317 e. The van der Waals surface area contributed by atoms with Gasteiger partial charge in [-0.2, -0.15) is 0 Å². The molecule has 0 atom stereocenters. The summed E-state index contributed by atoms with van der Waals surface area (Å²) in [6, 6.07) is 0. The van der Waals surface area contributed by atoms with Crippen LogP contribution < -0.4 is 5.32 Å². The van der Waals surface area contributed by atoms with Gasteiger partial charge >= 0.3 is 0 Å². The van der Waals surface area contributed by atoms with Gasteiger partial charge < -0.3 is 5.32 Å². The van der Waals surface area contributed by atoms with Crippen molar-refractivity contribution >= 4 is 0 Å². The van der Waals surface area contributed by atoms with Gasteiger partial charge in [0.1, 0.15) is 0 Å². The van der Waals surface area contributed by atoms with E-state index in [1.54, 1.807) is 0 Å². The molecule has 0 amide bonds. The highest BCUT2D eigenvalue weighted by atomic mass is 14.8. The van der Waals surface area contributed by atoms with Crippen LogP contribution in [0.5, 0.6) is 0 Å². The summed E-state index contributed by atoms with van der Waals surface area (Å²) in [5.74, 6) is 2.17. The molecule has 1 N–H and O–H groups in total. The van der Waals surface area contributed by atoms with Crippen LogP contribution in [-0.2, 0) is 0 Å². The Morgan fingerprint density at radius 1 is 0.733 bits per heavy atom. The fraction of sp³-hybridized carbons (Fsp3) is 1.00. The molecule has 1 nitrogen and oxygen atoms in total. The van der Waals surface area contributed by atoms with E-state index in [0.29, 0.717) is 0 Å². The van der Waals surface area contributed by atoms with Gasteiger partial charge in [0.15, 0.2) is 0 Å². The van der Waals surface area contributed by atoms with Crippen LogP contribution >= 0.6 is 0 Å². The first-order valence-corrected chi connectivity index (χ1v) is 7.16. The minimum atomic E-state index is 1.05. The van der Waals surface area contributed by atoms with Crippen LogP contribution in [0.25, 0.3) is 0 Å². The molecule has 0 aromatic rings. The Morgan fingerprint density at radius 3 is 2.20 bits per heavy atom. The third-order valence-corrected chi connectivity index (χ3v) is 4.12. The van der Waals surface area contributed by atoms with Gasteiger partial charge in [-0.05, 0) is 44.2 Å². The molecule has 2 saturated carbocycles. The van der Waals surface area contributed by atoms with E-state index in [1.165, 1.54) is 77.3 Å². The Kier molecular flexibility index (Phi) is 4.98. The van der Waals surface area contributed by atoms with Crippen molar-refractivity contribution in [2.45, 2.75) is 64.2 Å². The van der Waals surface area contributed by atoms with E-state index >= 15 is 0 Å². The van der Waals surface area contributed by atoms with Crippen molar-refractivity contribution in [1.82, 2.24) is 5.32 Å². The predicted octanol–water partition coefficient (Wildman–Crippen LogP) is 3.74. The normalized spacial score (nSPS) is 23.2. The maximum absolute atomic E-state index is 3.62. The van der Waals surface area contributed by atoms with Crippen LogP contribution in [0.15, 0.2) is 0 Å². The van der Waals surface area contributed by atoms with Crippen molar-refractivity contribution in [2.24, 2.45) is 11.8 Å². The van der Waals surface area contributed by atoms with Crippen molar-refractivity contribution in [3.05, 3.63) is 0 Å². The molecular formula is C14H27N. The Bertz CT molecular complexity index is 157. The standard InChI is InChI=1S/C14H27N/c1-2-5-13(6-3-1)10-12-15-11-4-7-14-8-9-14/h13-15H,1-12H2. The first kappa shape index (κ1) is 11.4. The van der Waals surface area contributed by atoms with Crippen molar-refractivity contribution < 1.29 is 0 Å². The van der Waals surface area contributed by atoms with Crippen molar-refractivity contribution in [3.63, 3.8) is 0 Å². The van der Waals surface area contributed by atoms with Gasteiger partial charge in [-0.25, -0.2) is 0 Å². The second-order valence-electron chi connectivity index (χ2n) is 5.63. The average molecular weight is 209 g/mol. The lowest BCUT2D eigenvalue weighted by Crippen LogP contribution is -2.20. The first-order chi connectivity index (χ1) is 7.45. The monoisotopic (exact) mass is 209 g/mol. The summed E-state index contributed by atoms with van der Waals surface area (Å²) in [5, 5.41) is 3.62. The third kappa shape index (κ3) is 5.01. The molecule has 1 heteroatoms. The Morgan fingerprint density at radius 2 is 1.47 bits per heavy atom. The quantitative estimate of drug-likeness (QED) is 0.630. The van der Waals surface area contributed by atoms with Crippen molar-refractivity contribution in [3.8, 4) is 0 Å². The third-order valence-electron chi connectivity index (χ3n) is 4.12. The molecule has 0 aliphatic heterocycles. The predicted molar refractivity (Wildman–Crippen MR) is 66.0 cm³/mol. The van der Waals surface area contributed by atoms with Gasteiger partial charge in [-0.1, -0.05) is 44.9 Å². The first-order valence-electron chi connectivity index (χ1n) is 7.16. The van der Waals surface area contributed by atoms with E-state index in [4.69, 9.17) is 0 Å². The SMILES string of the molecule is C1CCC(CCNCCCC2CC2)CC1. The summed E-state index contributed by atoms with van der Waals surface area (Å²) >= 11 is 0. The summed E-state index contributed by atoms with van der Waals surface area (Å²) in [6.07, 6.45) is 14.8. The molecule has 88 valence electrons. The molecule has 0 radical (unpaired) electrons. The second kappa shape index (κ2) is 6.52. The van der Waals surface area contributed by atoms with Gasteiger partial charge in [0.25, 0.3) is 0 Å². The maximum atomic E-state index is 3.62. The lowest BCUT2D eigenvalue weighted by Gasteiger charge is -2.21. The topological polar surface area (TPSA) is 12.0 Å². The van der Waals surface area contributed by atoms with Crippen LogP contribution in [0.3, 0.4) is 0 Å². The Balaban J connectivity index is 1.37. The van der Waals surface area contributed by atoms with Crippen molar-refractivity contribution in [1.29, 1.82) is 0 Å². The van der Waals surface area contributed by atoms with Gasteiger partial charge in [-0.3, -0.25) is 0 Å². The highest BCUT2D eigenvalue weighted by molar-refractivity contribution is 4.73. The molecule has 2 rings (SSSR count). The Hall–Kier alpha value is -0.0400. The fourth-order valence-electron chi connectivity index (χ4n) is 2.83. The highest BCUT2D eigenvalue weighted by Crippen LogP contribution is 2.33. The molecular weight excluding hydrogens is 182 g/mol. The molecule has 15 heavy (non-hydrogen) atoms. The lowest BCUT2D eigenvalue weighted by atomic mass is 9.87. The summed E-state index contributed by atoms with van der Waals surface area (Å²) in [4.78, 5) is 0. The molecule has 0 bridgehead atoms. The molecule has 0 spiro atoms. The molecule has 2 aliphatic rings. The molecule has 2 fully saturated rings. The minimum absolute atomic E-state index is 1.05. The van der Waals surface area contributed by atoms with E-state index in [1.807, 2.05) is 0 Å². The van der Waals surface area contributed by atoms with Crippen LogP contribution in [0.1, 0.15) is 64.2 Å². The van der Waals surface area contributed by atoms with E-state index in [0.717, 1.165) is 11.8 Å². The fourth-order valence-corrected chi connectivity index (χ4v) is 2.83. The van der Waals surface area contributed by atoms with Gasteiger partial charge in [0.05, 0.1) is 0 Å². The summed E-state index contributed by atoms with van der Waals surface area (Å²) in [7, 11) is 0. The van der Waals surface area contributed by atoms with Crippen LogP contribution in [0, 0.1) is 11.8 Å². The number of hydrogen-bond donors (Lipinski definition) is 1. The van der Waals surface area contributed by atoms with Gasteiger partial charge in [0, 0.05) is 0 Å². The highest BCUT2D eigenvalue weighted by Gasteiger charge is 2.19. The zero-order valence-electron chi connectivity index (χ0n) is 10.1. The number of hydrogen-bond acceptors (Lipinski definition) is 1. The van der Waals surface area contributed by atoms with E-state index in [-0.39, 0.29) is 0 Å². The number of rotatable bonds is 7. The maximum Gasteiger partial charge on any atom is -0.00463 e. The van der Waals surface area contributed by atoms with E-state index in [2.05, 4.69) is 5.32 Å². The molecule has 0 aromatic heterocycles. The summed E-state index contributed by atoms with van der Waals surface area (Å²) in [5.41, 5.74) is 0. The zero-order chi connectivity index (χ0) is 10.3.